The smallest absolute Gasteiger partial charge is 0.0636 e. The highest BCUT2D eigenvalue weighted by molar-refractivity contribution is 6.43. The Hall–Kier alpha value is -2.22. The summed E-state index contributed by atoms with van der Waals surface area (Å²) in [5.74, 6) is 0. The van der Waals surface area contributed by atoms with E-state index < -0.39 is 0 Å². The van der Waals surface area contributed by atoms with Crippen molar-refractivity contribution in [1.29, 1.82) is 0 Å². The summed E-state index contributed by atoms with van der Waals surface area (Å²) < 4.78 is 0. The molecule has 0 aliphatic carbocycles. The number of aliphatic imine (C=N–C) groups is 2. The second-order valence-corrected chi connectivity index (χ2v) is 20.2. The van der Waals surface area contributed by atoms with Crippen molar-refractivity contribution in [3.8, 4) is 0 Å². The van der Waals surface area contributed by atoms with Crippen LogP contribution in [0.5, 0.6) is 0 Å². The SMILES string of the molecule is CCCCCCCCCCCCCCCCCCCCCCC(=Nc1cccc(CCCCCCCCCCC)c1)C(CCCC)=Nc1cccc(CCCCCCCCCCC)c1. The quantitative estimate of drug-likeness (QED) is 0.0467. The number of benzene rings is 2. The van der Waals surface area contributed by atoms with E-state index in [0.717, 1.165) is 43.5 Å². The van der Waals surface area contributed by atoms with Gasteiger partial charge in [0.25, 0.3) is 0 Å². The van der Waals surface area contributed by atoms with Gasteiger partial charge in [-0.3, -0.25) is 9.98 Å². The molecule has 0 unspecified atom stereocenters. The van der Waals surface area contributed by atoms with Crippen LogP contribution in [0.15, 0.2) is 58.5 Å². The maximum atomic E-state index is 5.49. The van der Waals surface area contributed by atoms with Gasteiger partial charge in [0.05, 0.1) is 22.8 Å². The van der Waals surface area contributed by atoms with Crippen LogP contribution in [0.4, 0.5) is 11.4 Å². The van der Waals surface area contributed by atoms with Gasteiger partial charge in [-0.25, -0.2) is 0 Å². The molecular weight excluding hydrogens is 773 g/mol. The first-order valence-corrected chi connectivity index (χ1v) is 29.0. The lowest BCUT2D eigenvalue weighted by Gasteiger charge is -2.12. The van der Waals surface area contributed by atoms with Gasteiger partial charge in [0.1, 0.15) is 0 Å². The molecule has 2 nitrogen and oxygen atoms in total. The van der Waals surface area contributed by atoms with Crippen molar-refractivity contribution >= 4 is 22.8 Å². The molecule has 0 fully saturated rings. The molecule has 0 aliphatic rings. The van der Waals surface area contributed by atoms with E-state index in [1.54, 1.807) is 0 Å². The van der Waals surface area contributed by atoms with E-state index in [9.17, 15) is 0 Å². The monoisotopic (exact) mass is 881 g/mol. The molecule has 2 rings (SSSR count). The molecule has 64 heavy (non-hydrogen) atoms. The van der Waals surface area contributed by atoms with Crippen molar-refractivity contribution < 1.29 is 0 Å². The maximum absolute atomic E-state index is 5.49. The zero-order valence-corrected chi connectivity index (χ0v) is 43.6. The second kappa shape index (κ2) is 44.6. The molecule has 0 heterocycles. The first kappa shape index (κ1) is 57.9. The molecule has 0 aromatic heterocycles. The van der Waals surface area contributed by atoms with Crippen LogP contribution >= 0.6 is 0 Å². The van der Waals surface area contributed by atoms with Gasteiger partial charge in [-0.05, 0) is 86.8 Å². The molecule has 0 saturated carbocycles. The molecule has 2 heteroatoms. The molecule has 0 bridgehead atoms. The Labute approximate surface area is 401 Å². The van der Waals surface area contributed by atoms with Crippen molar-refractivity contribution in [2.45, 2.75) is 310 Å². The third-order valence-corrected chi connectivity index (χ3v) is 13.9. The molecule has 0 amide bonds. The minimum absolute atomic E-state index is 1.01. The Morgan fingerprint density at radius 3 is 0.828 bits per heavy atom. The molecular formula is C62H108N2. The third kappa shape index (κ3) is 34.1. The van der Waals surface area contributed by atoms with Gasteiger partial charge in [0, 0.05) is 0 Å². The van der Waals surface area contributed by atoms with E-state index in [2.05, 4.69) is 76.2 Å². The van der Waals surface area contributed by atoms with Crippen LogP contribution in [0.1, 0.15) is 308 Å². The highest BCUT2D eigenvalue weighted by Crippen LogP contribution is 2.24. The van der Waals surface area contributed by atoms with Crippen molar-refractivity contribution in [1.82, 2.24) is 0 Å². The van der Waals surface area contributed by atoms with E-state index >= 15 is 0 Å². The van der Waals surface area contributed by atoms with E-state index in [4.69, 9.17) is 9.98 Å². The molecule has 366 valence electrons. The Morgan fingerprint density at radius 2 is 0.531 bits per heavy atom. The average molecular weight is 882 g/mol. The fourth-order valence-electron chi connectivity index (χ4n) is 9.58. The molecule has 0 N–H and O–H groups in total. The molecule has 0 saturated heterocycles. The van der Waals surface area contributed by atoms with Gasteiger partial charge in [0.15, 0.2) is 0 Å². The van der Waals surface area contributed by atoms with Crippen LogP contribution in [-0.2, 0) is 12.8 Å². The first-order chi connectivity index (χ1) is 31.7. The third-order valence-electron chi connectivity index (χ3n) is 13.9. The predicted molar refractivity (Wildman–Crippen MR) is 291 cm³/mol. The van der Waals surface area contributed by atoms with Crippen molar-refractivity contribution in [2.24, 2.45) is 9.98 Å². The number of hydrogen-bond donors (Lipinski definition) is 0. The molecule has 2 aromatic carbocycles. The highest BCUT2D eigenvalue weighted by Gasteiger charge is 2.12. The summed E-state index contributed by atoms with van der Waals surface area (Å²) in [6.07, 6.45) is 59.9. The highest BCUT2D eigenvalue weighted by atomic mass is 14.8. The van der Waals surface area contributed by atoms with Gasteiger partial charge >= 0.3 is 0 Å². The lowest BCUT2D eigenvalue weighted by atomic mass is 10.00. The molecule has 2 aromatic rings. The average Bonchev–Trinajstić information content (AvgIpc) is 3.31. The largest absolute Gasteiger partial charge is 0.252 e. The van der Waals surface area contributed by atoms with E-state index in [1.807, 2.05) is 0 Å². The zero-order chi connectivity index (χ0) is 45.6. The molecule has 0 aliphatic heterocycles. The van der Waals surface area contributed by atoms with Crippen LogP contribution in [0, 0.1) is 0 Å². The summed E-state index contributed by atoms with van der Waals surface area (Å²) in [5, 5.41) is 0. The van der Waals surface area contributed by atoms with Crippen molar-refractivity contribution in [3.05, 3.63) is 59.7 Å². The molecule has 0 spiro atoms. The van der Waals surface area contributed by atoms with E-state index in [1.165, 1.54) is 273 Å². The van der Waals surface area contributed by atoms with Gasteiger partial charge < -0.3 is 0 Å². The number of unbranched alkanes of at least 4 members (excludes halogenated alkanes) is 36. The summed E-state index contributed by atoms with van der Waals surface area (Å²) in [7, 11) is 0. The number of hydrogen-bond acceptors (Lipinski definition) is 2. The van der Waals surface area contributed by atoms with Gasteiger partial charge in [-0.2, -0.15) is 0 Å². The van der Waals surface area contributed by atoms with Crippen LogP contribution in [0.2, 0.25) is 0 Å². The van der Waals surface area contributed by atoms with Crippen LogP contribution in [0.25, 0.3) is 0 Å². The van der Waals surface area contributed by atoms with Crippen LogP contribution in [-0.4, -0.2) is 11.4 Å². The van der Waals surface area contributed by atoms with Crippen LogP contribution < -0.4 is 0 Å². The van der Waals surface area contributed by atoms with Gasteiger partial charge in [-0.15, -0.1) is 0 Å². The predicted octanol–water partition coefficient (Wildman–Crippen LogP) is 22.1. The topological polar surface area (TPSA) is 24.7 Å². The van der Waals surface area contributed by atoms with Crippen LogP contribution in [0.3, 0.4) is 0 Å². The summed E-state index contributed by atoms with van der Waals surface area (Å²) in [5.41, 5.74) is 7.59. The van der Waals surface area contributed by atoms with Crippen molar-refractivity contribution in [3.63, 3.8) is 0 Å². The first-order valence-electron chi connectivity index (χ1n) is 29.0. The normalized spacial score (nSPS) is 12.2. The lowest BCUT2D eigenvalue weighted by molar-refractivity contribution is 0.522. The Bertz CT molecular complexity index is 1350. The van der Waals surface area contributed by atoms with Gasteiger partial charge in [0.2, 0.25) is 0 Å². The summed E-state index contributed by atoms with van der Waals surface area (Å²) in [4.78, 5) is 11.0. The Morgan fingerprint density at radius 1 is 0.281 bits per heavy atom. The molecule has 0 atom stereocenters. The molecule has 0 radical (unpaired) electrons. The van der Waals surface area contributed by atoms with E-state index in [0.29, 0.717) is 0 Å². The Balaban J connectivity index is 1.92. The zero-order valence-electron chi connectivity index (χ0n) is 43.6. The fraction of sp³-hybridized carbons (Fsp3) is 0.774. The number of rotatable bonds is 47. The van der Waals surface area contributed by atoms with Crippen molar-refractivity contribution in [2.75, 3.05) is 0 Å². The lowest BCUT2D eigenvalue weighted by Crippen LogP contribution is -2.14. The van der Waals surface area contributed by atoms with E-state index in [-0.39, 0.29) is 0 Å². The standard InChI is InChI=1S/C62H108N2/c1-5-9-13-16-19-22-23-24-25-26-27-28-29-30-31-32-35-38-41-44-54-62(64-60-52-46-50-58(56-60)48-43-40-37-34-21-18-15-11-7-3)61(53-12-8-4)63-59-51-45-49-57(55-59)47-42-39-36-33-20-17-14-10-6-2/h45-46,49-52,55-56H,5-44,47-48,53-54H2,1-4H3. The van der Waals surface area contributed by atoms with Gasteiger partial charge in [-0.1, -0.05) is 283 Å². The summed E-state index contributed by atoms with van der Waals surface area (Å²) in [6, 6.07) is 18.4. The Kier molecular flexibility index (Phi) is 40.4. The fourth-order valence-corrected chi connectivity index (χ4v) is 9.58. The second-order valence-electron chi connectivity index (χ2n) is 20.2. The minimum Gasteiger partial charge on any atom is -0.252 e. The summed E-state index contributed by atoms with van der Waals surface area (Å²) in [6.45, 7) is 9.24. The maximum Gasteiger partial charge on any atom is 0.0636 e. The number of nitrogens with zero attached hydrogens (tertiary/aromatic N) is 2. The number of aryl methyl sites for hydroxylation is 2. The minimum atomic E-state index is 1.01. The summed E-state index contributed by atoms with van der Waals surface area (Å²) >= 11 is 0.